The van der Waals surface area contributed by atoms with Crippen molar-refractivity contribution in [2.45, 2.75) is 31.1 Å². The van der Waals surface area contributed by atoms with E-state index in [1.807, 2.05) is 47.4 Å². The minimum absolute atomic E-state index is 0.448. The van der Waals surface area contributed by atoms with Crippen LogP contribution in [0.15, 0.2) is 66.7 Å². The molecule has 3 nitrogen and oxygen atoms in total. The zero-order valence-corrected chi connectivity index (χ0v) is 15.6. The number of rotatable bonds is 4. The fourth-order valence-corrected chi connectivity index (χ4v) is 4.29. The highest BCUT2D eigenvalue weighted by atomic mass is 19.4. The van der Waals surface area contributed by atoms with Gasteiger partial charge in [-0.25, -0.2) is 0 Å². The van der Waals surface area contributed by atoms with Gasteiger partial charge in [-0.3, -0.25) is 9.69 Å². The van der Waals surface area contributed by atoms with Gasteiger partial charge in [-0.15, -0.1) is 0 Å². The molecule has 0 radical (unpaired) electrons. The van der Waals surface area contributed by atoms with Crippen LogP contribution >= 0.6 is 0 Å². The van der Waals surface area contributed by atoms with Gasteiger partial charge in [0.25, 0.3) is 0 Å². The SMILES string of the molecule is O=C(O)C1CCCN1C(c1cccc(C(F)(F)F)c1)c1cccc2ccccc12. The van der Waals surface area contributed by atoms with E-state index in [9.17, 15) is 23.1 Å². The standard InChI is InChI=1S/C23H20F3NO2/c24-23(25,26)17-9-3-8-16(14-17)21(27-13-5-12-20(27)22(28)29)19-11-4-7-15-6-1-2-10-18(15)19/h1-4,6-11,14,20-21H,5,12-13H2,(H,28,29). The van der Waals surface area contributed by atoms with Crippen molar-refractivity contribution in [2.75, 3.05) is 6.54 Å². The lowest BCUT2D eigenvalue weighted by Gasteiger charge is -2.33. The Labute approximate surface area is 166 Å². The van der Waals surface area contributed by atoms with Gasteiger partial charge in [0, 0.05) is 6.54 Å². The molecule has 4 rings (SSSR count). The van der Waals surface area contributed by atoms with Crippen LogP contribution in [0.4, 0.5) is 13.2 Å². The molecule has 0 bridgehead atoms. The van der Waals surface area contributed by atoms with Crippen molar-refractivity contribution in [3.63, 3.8) is 0 Å². The zero-order valence-electron chi connectivity index (χ0n) is 15.6. The summed E-state index contributed by atoms with van der Waals surface area (Å²) in [5.41, 5.74) is 0.534. The number of aliphatic carboxylic acids is 1. The number of hydrogen-bond acceptors (Lipinski definition) is 2. The molecule has 1 aliphatic rings. The van der Waals surface area contributed by atoms with E-state index in [-0.39, 0.29) is 0 Å². The first kappa shape index (κ1) is 19.5. The minimum atomic E-state index is -4.46. The van der Waals surface area contributed by atoms with Crippen LogP contribution in [0.2, 0.25) is 0 Å². The first-order valence-corrected chi connectivity index (χ1v) is 9.49. The summed E-state index contributed by atoms with van der Waals surface area (Å²) in [6, 6.07) is 17.3. The van der Waals surface area contributed by atoms with Crippen molar-refractivity contribution >= 4 is 16.7 Å². The molecule has 2 atom stereocenters. The van der Waals surface area contributed by atoms with Crippen molar-refractivity contribution < 1.29 is 23.1 Å². The van der Waals surface area contributed by atoms with Gasteiger partial charge in [-0.1, -0.05) is 54.6 Å². The molecule has 0 spiro atoms. The molecule has 0 saturated carbocycles. The lowest BCUT2D eigenvalue weighted by molar-refractivity contribution is -0.143. The molecule has 0 amide bonds. The predicted molar refractivity (Wildman–Crippen MR) is 105 cm³/mol. The Hall–Kier alpha value is -2.86. The molecule has 1 heterocycles. The molecular weight excluding hydrogens is 379 g/mol. The smallest absolute Gasteiger partial charge is 0.416 e. The summed E-state index contributed by atoms with van der Waals surface area (Å²) in [5.74, 6) is -0.945. The van der Waals surface area contributed by atoms with Gasteiger partial charge in [0.2, 0.25) is 0 Å². The highest BCUT2D eigenvalue weighted by Crippen LogP contribution is 2.40. The Morgan fingerprint density at radius 2 is 1.76 bits per heavy atom. The van der Waals surface area contributed by atoms with Gasteiger partial charge in [-0.05, 0) is 46.9 Å². The number of carbonyl (C=O) groups is 1. The lowest BCUT2D eigenvalue weighted by atomic mass is 9.91. The molecule has 0 aromatic heterocycles. The van der Waals surface area contributed by atoms with E-state index in [2.05, 4.69) is 0 Å². The van der Waals surface area contributed by atoms with Gasteiger partial charge in [-0.2, -0.15) is 13.2 Å². The Morgan fingerprint density at radius 3 is 2.52 bits per heavy atom. The fraction of sp³-hybridized carbons (Fsp3) is 0.261. The van der Waals surface area contributed by atoms with Gasteiger partial charge >= 0.3 is 12.1 Å². The number of nitrogens with zero attached hydrogens (tertiary/aromatic N) is 1. The van der Waals surface area contributed by atoms with Crippen LogP contribution in [-0.4, -0.2) is 28.6 Å². The number of fused-ring (bicyclic) bond motifs is 1. The van der Waals surface area contributed by atoms with Gasteiger partial charge < -0.3 is 5.11 Å². The average molecular weight is 399 g/mol. The minimum Gasteiger partial charge on any atom is -0.480 e. The van der Waals surface area contributed by atoms with Crippen LogP contribution in [0.3, 0.4) is 0 Å². The molecule has 3 aromatic carbocycles. The third-order valence-electron chi connectivity index (χ3n) is 5.56. The second-order valence-electron chi connectivity index (χ2n) is 7.33. The largest absolute Gasteiger partial charge is 0.480 e. The summed E-state index contributed by atoms with van der Waals surface area (Å²) in [6.45, 7) is 0.515. The zero-order chi connectivity index (χ0) is 20.6. The second-order valence-corrected chi connectivity index (χ2v) is 7.33. The molecule has 150 valence electrons. The Morgan fingerprint density at radius 1 is 1.03 bits per heavy atom. The summed E-state index contributed by atoms with van der Waals surface area (Å²) in [4.78, 5) is 13.7. The third-order valence-corrected chi connectivity index (χ3v) is 5.56. The topological polar surface area (TPSA) is 40.5 Å². The van der Waals surface area contributed by atoms with Crippen LogP contribution in [-0.2, 0) is 11.0 Å². The van der Waals surface area contributed by atoms with Crippen molar-refractivity contribution in [3.8, 4) is 0 Å². The molecule has 1 N–H and O–H groups in total. The van der Waals surface area contributed by atoms with Crippen molar-refractivity contribution in [2.24, 2.45) is 0 Å². The summed E-state index contributed by atoms with van der Waals surface area (Å²) in [7, 11) is 0. The summed E-state index contributed by atoms with van der Waals surface area (Å²) < 4.78 is 40.1. The van der Waals surface area contributed by atoms with E-state index in [0.717, 1.165) is 28.5 Å². The highest BCUT2D eigenvalue weighted by Gasteiger charge is 2.38. The fourth-order valence-electron chi connectivity index (χ4n) is 4.29. The molecule has 1 saturated heterocycles. The van der Waals surface area contributed by atoms with E-state index in [4.69, 9.17) is 0 Å². The Balaban J connectivity index is 1.92. The van der Waals surface area contributed by atoms with Crippen LogP contribution in [0.1, 0.15) is 35.6 Å². The second kappa shape index (κ2) is 7.52. The molecular formula is C23H20F3NO2. The van der Waals surface area contributed by atoms with E-state index >= 15 is 0 Å². The van der Waals surface area contributed by atoms with Crippen molar-refractivity contribution in [1.82, 2.24) is 4.90 Å². The Bertz CT molecular complexity index is 1040. The van der Waals surface area contributed by atoms with Crippen LogP contribution in [0, 0.1) is 0 Å². The number of carboxylic acid groups (broad SMARTS) is 1. The highest BCUT2D eigenvalue weighted by molar-refractivity contribution is 5.86. The molecule has 2 unspecified atom stereocenters. The monoisotopic (exact) mass is 399 g/mol. The van der Waals surface area contributed by atoms with Crippen LogP contribution in [0.5, 0.6) is 0 Å². The van der Waals surface area contributed by atoms with Gasteiger partial charge in [0.15, 0.2) is 0 Å². The number of carboxylic acids is 1. The van der Waals surface area contributed by atoms with E-state index in [1.54, 1.807) is 6.07 Å². The van der Waals surface area contributed by atoms with E-state index in [0.29, 0.717) is 24.9 Å². The molecule has 1 aliphatic heterocycles. The maximum atomic E-state index is 13.4. The number of halogens is 3. The van der Waals surface area contributed by atoms with Crippen LogP contribution < -0.4 is 0 Å². The van der Waals surface area contributed by atoms with E-state index in [1.165, 1.54) is 6.07 Å². The number of hydrogen-bond donors (Lipinski definition) is 1. The first-order chi connectivity index (χ1) is 13.9. The maximum absolute atomic E-state index is 13.4. The predicted octanol–water partition coefficient (Wildman–Crippen LogP) is 5.50. The first-order valence-electron chi connectivity index (χ1n) is 9.49. The van der Waals surface area contributed by atoms with Crippen LogP contribution in [0.25, 0.3) is 10.8 Å². The normalized spacial score (nSPS) is 18.8. The molecule has 6 heteroatoms. The molecule has 0 aliphatic carbocycles. The average Bonchev–Trinajstić information content (AvgIpc) is 3.18. The summed E-state index contributed by atoms with van der Waals surface area (Å²) in [6.07, 6.45) is -3.29. The number of benzene rings is 3. The maximum Gasteiger partial charge on any atom is 0.416 e. The van der Waals surface area contributed by atoms with Crippen molar-refractivity contribution in [3.05, 3.63) is 83.4 Å². The molecule has 29 heavy (non-hydrogen) atoms. The third kappa shape index (κ3) is 3.72. The summed E-state index contributed by atoms with van der Waals surface area (Å²) in [5, 5.41) is 11.6. The summed E-state index contributed by atoms with van der Waals surface area (Å²) >= 11 is 0. The van der Waals surface area contributed by atoms with Gasteiger partial charge in [0.05, 0.1) is 11.6 Å². The quantitative estimate of drug-likeness (QED) is 0.630. The van der Waals surface area contributed by atoms with E-state index < -0.39 is 29.8 Å². The number of likely N-dealkylation sites (tertiary alicyclic amines) is 1. The number of alkyl halides is 3. The lowest BCUT2D eigenvalue weighted by Crippen LogP contribution is -2.39. The van der Waals surface area contributed by atoms with Crippen molar-refractivity contribution in [1.29, 1.82) is 0 Å². The Kier molecular flexibility index (Phi) is 5.04. The van der Waals surface area contributed by atoms with Gasteiger partial charge in [0.1, 0.15) is 6.04 Å². The molecule has 1 fully saturated rings. The molecule has 3 aromatic rings.